The first kappa shape index (κ1) is 20.0. The number of rotatable bonds is 7. The van der Waals surface area contributed by atoms with Gasteiger partial charge in [-0.1, -0.05) is 6.07 Å². The van der Waals surface area contributed by atoms with Crippen LogP contribution in [0.2, 0.25) is 0 Å². The molecular weight excluding hydrogens is 402 g/mol. The molecular formula is C21H23N5OS2. The van der Waals surface area contributed by atoms with E-state index in [9.17, 15) is 4.79 Å². The molecule has 1 aromatic carbocycles. The number of aliphatic imine (C=N–C) groups is 2. The summed E-state index contributed by atoms with van der Waals surface area (Å²) < 4.78 is 0. The first-order valence-electron chi connectivity index (χ1n) is 9.58. The minimum Gasteiger partial charge on any atom is -0.309 e. The molecule has 1 fully saturated rings. The van der Waals surface area contributed by atoms with Gasteiger partial charge in [0.05, 0.1) is 22.1 Å². The Morgan fingerprint density at radius 2 is 2.21 bits per heavy atom. The minimum atomic E-state index is -0.112. The van der Waals surface area contributed by atoms with E-state index in [0.29, 0.717) is 16.6 Å². The zero-order valence-electron chi connectivity index (χ0n) is 16.5. The largest absolute Gasteiger partial charge is 0.309 e. The van der Waals surface area contributed by atoms with E-state index in [0.717, 1.165) is 46.9 Å². The van der Waals surface area contributed by atoms with Crippen LogP contribution in [-0.4, -0.2) is 47.8 Å². The summed E-state index contributed by atoms with van der Waals surface area (Å²) in [7, 11) is 4.18. The molecule has 0 atom stereocenters. The Morgan fingerprint density at radius 3 is 3.07 bits per heavy atom. The maximum Gasteiger partial charge on any atom is 0.264 e. The second-order valence-electron chi connectivity index (χ2n) is 7.25. The summed E-state index contributed by atoms with van der Waals surface area (Å²) in [5.74, 6) is -0.112. The Labute approximate surface area is 178 Å². The number of fused-ring (bicyclic) bond motifs is 1. The highest BCUT2D eigenvalue weighted by atomic mass is 32.2. The van der Waals surface area contributed by atoms with Crippen LogP contribution in [0.3, 0.4) is 0 Å². The molecule has 0 bridgehead atoms. The van der Waals surface area contributed by atoms with Crippen LogP contribution >= 0.6 is 23.1 Å². The molecule has 0 radical (unpaired) electrons. The number of hydrogen-bond donors (Lipinski definition) is 1. The smallest absolute Gasteiger partial charge is 0.264 e. The average molecular weight is 426 g/mol. The van der Waals surface area contributed by atoms with Crippen LogP contribution in [-0.2, 0) is 17.8 Å². The summed E-state index contributed by atoms with van der Waals surface area (Å²) in [6, 6.07) is 5.99. The van der Waals surface area contributed by atoms with Crippen molar-refractivity contribution in [1.29, 1.82) is 0 Å². The fourth-order valence-corrected chi connectivity index (χ4v) is 4.92. The Balaban J connectivity index is 1.38. The van der Waals surface area contributed by atoms with Gasteiger partial charge in [0, 0.05) is 17.3 Å². The van der Waals surface area contributed by atoms with Gasteiger partial charge in [0.1, 0.15) is 0 Å². The van der Waals surface area contributed by atoms with Gasteiger partial charge >= 0.3 is 0 Å². The van der Waals surface area contributed by atoms with Crippen LogP contribution < -0.4 is 5.32 Å². The van der Waals surface area contributed by atoms with Crippen molar-refractivity contribution in [2.75, 3.05) is 20.6 Å². The standard InChI is InChI=1S/C21H23N5OS2/c1-26(2)8-4-3-5-19-23-13-17(28-19)10-18-20(27)25-21(29-18)24-16-7-6-14-11-22-12-15(14)9-16/h6-7,9-11,13H,3-5,8,12H2,1-2H3,(H,24,25,27)/b18-10-. The molecule has 1 saturated heterocycles. The van der Waals surface area contributed by atoms with E-state index in [-0.39, 0.29) is 5.91 Å². The third-order valence-corrected chi connectivity index (χ3v) is 6.50. The number of nitrogens with one attached hydrogen (secondary N) is 1. The van der Waals surface area contributed by atoms with E-state index in [1.165, 1.54) is 17.3 Å². The molecule has 8 heteroatoms. The number of hydrogen-bond acceptors (Lipinski definition) is 7. The molecule has 2 aliphatic rings. The van der Waals surface area contributed by atoms with Crippen molar-refractivity contribution < 1.29 is 4.79 Å². The topological polar surface area (TPSA) is 70.0 Å². The van der Waals surface area contributed by atoms with Crippen LogP contribution in [0.25, 0.3) is 6.08 Å². The number of amides is 1. The second kappa shape index (κ2) is 9.02. The molecule has 1 amide bonds. The van der Waals surface area contributed by atoms with Gasteiger partial charge in [-0.3, -0.25) is 9.79 Å². The lowest BCUT2D eigenvalue weighted by molar-refractivity contribution is -0.115. The Bertz CT molecular complexity index is 1010. The number of thiazole rings is 1. The van der Waals surface area contributed by atoms with Crippen molar-refractivity contribution >= 4 is 52.2 Å². The van der Waals surface area contributed by atoms with E-state index in [1.54, 1.807) is 11.3 Å². The van der Waals surface area contributed by atoms with Gasteiger partial charge in [0.2, 0.25) is 0 Å². The maximum absolute atomic E-state index is 12.3. The zero-order valence-corrected chi connectivity index (χ0v) is 18.1. The highest BCUT2D eigenvalue weighted by molar-refractivity contribution is 8.18. The van der Waals surface area contributed by atoms with Gasteiger partial charge in [0.15, 0.2) is 5.17 Å². The van der Waals surface area contributed by atoms with Gasteiger partial charge in [0.25, 0.3) is 5.91 Å². The number of nitrogens with zero attached hydrogens (tertiary/aromatic N) is 4. The van der Waals surface area contributed by atoms with Crippen molar-refractivity contribution in [3.63, 3.8) is 0 Å². The van der Waals surface area contributed by atoms with Crippen LogP contribution in [0, 0.1) is 0 Å². The molecule has 6 nitrogen and oxygen atoms in total. The molecule has 2 aliphatic heterocycles. The summed E-state index contributed by atoms with van der Waals surface area (Å²) in [5, 5.41) is 4.58. The number of aryl methyl sites for hydroxylation is 1. The number of aromatic nitrogens is 1. The highest BCUT2D eigenvalue weighted by Crippen LogP contribution is 2.30. The predicted molar refractivity (Wildman–Crippen MR) is 122 cm³/mol. The van der Waals surface area contributed by atoms with Crippen molar-refractivity contribution in [2.45, 2.75) is 25.8 Å². The predicted octanol–water partition coefficient (Wildman–Crippen LogP) is 3.85. The lowest BCUT2D eigenvalue weighted by atomic mass is 10.1. The van der Waals surface area contributed by atoms with E-state index in [2.05, 4.69) is 39.3 Å². The summed E-state index contributed by atoms with van der Waals surface area (Å²) in [5.41, 5.74) is 3.14. The summed E-state index contributed by atoms with van der Waals surface area (Å²) >= 11 is 3.02. The number of benzene rings is 1. The number of thioether (sulfide) groups is 1. The maximum atomic E-state index is 12.3. The third-order valence-electron chi connectivity index (χ3n) is 4.59. The second-order valence-corrected chi connectivity index (χ2v) is 9.43. The highest BCUT2D eigenvalue weighted by Gasteiger charge is 2.24. The van der Waals surface area contributed by atoms with E-state index in [4.69, 9.17) is 0 Å². The van der Waals surface area contributed by atoms with Gasteiger partial charge in [-0.2, -0.15) is 0 Å². The van der Waals surface area contributed by atoms with E-state index in [1.807, 2.05) is 36.7 Å². The van der Waals surface area contributed by atoms with Gasteiger partial charge in [-0.25, -0.2) is 9.98 Å². The summed E-state index contributed by atoms with van der Waals surface area (Å²) in [6.45, 7) is 1.79. The number of carbonyl (C=O) groups is 1. The van der Waals surface area contributed by atoms with E-state index < -0.39 is 0 Å². The van der Waals surface area contributed by atoms with Gasteiger partial charge in [-0.05, 0) is 81.0 Å². The zero-order chi connectivity index (χ0) is 20.2. The monoisotopic (exact) mass is 425 g/mol. The van der Waals surface area contributed by atoms with Crippen LogP contribution in [0.1, 0.15) is 33.9 Å². The Morgan fingerprint density at radius 1 is 1.31 bits per heavy atom. The van der Waals surface area contributed by atoms with Crippen molar-refractivity contribution in [2.24, 2.45) is 9.98 Å². The molecule has 4 rings (SSSR count). The fourth-order valence-electron chi connectivity index (χ4n) is 3.10. The average Bonchev–Trinajstić information content (AvgIpc) is 3.40. The molecule has 1 N–H and O–H groups in total. The molecule has 2 aromatic rings. The molecule has 0 aliphatic carbocycles. The van der Waals surface area contributed by atoms with Crippen molar-refractivity contribution in [3.05, 3.63) is 50.3 Å². The third kappa shape index (κ3) is 5.20. The lowest BCUT2D eigenvalue weighted by Gasteiger charge is -2.07. The van der Waals surface area contributed by atoms with Crippen molar-refractivity contribution in [3.8, 4) is 0 Å². The van der Waals surface area contributed by atoms with Crippen molar-refractivity contribution in [1.82, 2.24) is 15.2 Å². The van der Waals surface area contributed by atoms with Crippen LogP contribution in [0.15, 0.2) is 39.3 Å². The SMILES string of the molecule is CN(C)CCCCc1ncc(/C=C2\SC(=Nc3ccc4c(c3)CN=C4)NC2=O)s1. The molecule has 150 valence electrons. The number of amidine groups is 1. The lowest BCUT2D eigenvalue weighted by Crippen LogP contribution is -2.19. The van der Waals surface area contributed by atoms with Crippen LogP contribution in [0.5, 0.6) is 0 Å². The quantitative estimate of drug-likeness (QED) is 0.540. The molecule has 0 saturated carbocycles. The molecule has 29 heavy (non-hydrogen) atoms. The number of carbonyl (C=O) groups excluding carboxylic acids is 1. The molecule has 0 unspecified atom stereocenters. The first-order valence-corrected chi connectivity index (χ1v) is 11.2. The summed E-state index contributed by atoms with van der Waals surface area (Å²) in [6.07, 6.45) is 8.90. The fraction of sp³-hybridized carbons (Fsp3) is 0.333. The molecule has 3 heterocycles. The normalized spacial score (nSPS) is 18.2. The number of unbranched alkanes of at least 4 members (excludes halogenated alkanes) is 1. The minimum absolute atomic E-state index is 0.112. The molecule has 1 aromatic heterocycles. The van der Waals surface area contributed by atoms with Gasteiger partial charge < -0.3 is 10.2 Å². The molecule has 0 spiro atoms. The Kier molecular flexibility index (Phi) is 6.22. The first-order chi connectivity index (χ1) is 14.1. The van der Waals surface area contributed by atoms with E-state index >= 15 is 0 Å². The van der Waals surface area contributed by atoms with Crippen LogP contribution in [0.4, 0.5) is 5.69 Å². The summed E-state index contributed by atoms with van der Waals surface area (Å²) in [4.78, 5) is 29.5. The Hall–Kier alpha value is -2.29. The van der Waals surface area contributed by atoms with Gasteiger partial charge in [-0.15, -0.1) is 11.3 Å².